The normalized spacial score (nSPS) is 17.3. The Hall–Kier alpha value is -3.09. The summed E-state index contributed by atoms with van der Waals surface area (Å²) in [7, 11) is 0. The fourth-order valence-electron chi connectivity index (χ4n) is 3.42. The number of piperidine rings is 1. The van der Waals surface area contributed by atoms with Crippen LogP contribution in [0.4, 0.5) is 0 Å². The Morgan fingerprint density at radius 1 is 1.19 bits per heavy atom. The van der Waals surface area contributed by atoms with E-state index >= 15 is 0 Å². The van der Waals surface area contributed by atoms with Crippen molar-refractivity contribution in [1.82, 2.24) is 29.8 Å². The van der Waals surface area contributed by atoms with Crippen LogP contribution in [0.25, 0.3) is 11.5 Å². The molecule has 3 aromatic rings. The Morgan fingerprint density at radius 3 is 2.85 bits per heavy atom. The van der Waals surface area contributed by atoms with E-state index in [1.54, 1.807) is 43.1 Å². The number of likely N-dealkylation sites (tertiary alicyclic amines) is 1. The molecule has 1 amide bonds. The van der Waals surface area contributed by atoms with Gasteiger partial charge < -0.3 is 9.88 Å². The zero-order valence-corrected chi connectivity index (χ0v) is 14.6. The van der Waals surface area contributed by atoms with E-state index in [-0.39, 0.29) is 11.8 Å². The summed E-state index contributed by atoms with van der Waals surface area (Å²) in [4.78, 5) is 35.4. The predicted octanol–water partition coefficient (Wildman–Crippen LogP) is 2.59. The fraction of sp³-hybridized carbons (Fsp3) is 0.316. The maximum atomic E-state index is 12.8. The number of amides is 1. The highest BCUT2D eigenvalue weighted by Gasteiger charge is 2.29. The van der Waals surface area contributed by atoms with E-state index in [4.69, 9.17) is 0 Å². The summed E-state index contributed by atoms with van der Waals surface area (Å²) in [5, 5.41) is 0. The van der Waals surface area contributed by atoms with Crippen LogP contribution in [0.15, 0.2) is 43.1 Å². The maximum absolute atomic E-state index is 12.8. The monoisotopic (exact) mass is 348 g/mol. The van der Waals surface area contributed by atoms with Gasteiger partial charge in [0.1, 0.15) is 5.69 Å². The van der Waals surface area contributed by atoms with Gasteiger partial charge in [-0.25, -0.2) is 9.97 Å². The number of H-pyrrole nitrogens is 1. The first-order chi connectivity index (χ1) is 12.7. The molecule has 0 bridgehead atoms. The van der Waals surface area contributed by atoms with Crippen LogP contribution >= 0.6 is 0 Å². The molecule has 1 aliphatic rings. The molecule has 1 fully saturated rings. The molecule has 0 aromatic carbocycles. The van der Waals surface area contributed by atoms with Gasteiger partial charge in [-0.3, -0.25) is 14.8 Å². The average molecular weight is 348 g/mol. The lowest BCUT2D eigenvalue weighted by molar-refractivity contribution is 0.0705. The van der Waals surface area contributed by atoms with Gasteiger partial charge in [-0.05, 0) is 31.9 Å². The van der Waals surface area contributed by atoms with Crippen LogP contribution < -0.4 is 0 Å². The number of nitrogens with zero attached hydrogens (tertiary/aromatic N) is 5. The van der Waals surface area contributed by atoms with Crippen LogP contribution in [-0.2, 0) is 0 Å². The molecule has 0 spiro atoms. The lowest BCUT2D eigenvalue weighted by Crippen LogP contribution is -2.39. The van der Waals surface area contributed by atoms with Crippen molar-refractivity contribution in [3.63, 3.8) is 0 Å². The number of rotatable bonds is 3. The molecule has 4 heterocycles. The van der Waals surface area contributed by atoms with Gasteiger partial charge in [0, 0.05) is 55.7 Å². The van der Waals surface area contributed by atoms with E-state index in [9.17, 15) is 4.79 Å². The fourth-order valence-corrected chi connectivity index (χ4v) is 3.42. The number of aromatic amines is 1. The molecule has 0 aliphatic carbocycles. The van der Waals surface area contributed by atoms with Crippen molar-refractivity contribution in [3.05, 3.63) is 60.1 Å². The first-order valence-electron chi connectivity index (χ1n) is 8.74. The molecule has 132 valence electrons. The second-order valence-corrected chi connectivity index (χ2v) is 6.54. The smallest absolute Gasteiger partial charge is 0.255 e. The van der Waals surface area contributed by atoms with Gasteiger partial charge in [0.2, 0.25) is 0 Å². The highest BCUT2D eigenvalue weighted by molar-refractivity contribution is 5.94. The third kappa shape index (κ3) is 3.20. The second kappa shape index (κ2) is 7.03. The third-order valence-electron chi connectivity index (χ3n) is 4.66. The van der Waals surface area contributed by atoms with Crippen molar-refractivity contribution in [1.29, 1.82) is 0 Å². The summed E-state index contributed by atoms with van der Waals surface area (Å²) >= 11 is 0. The first kappa shape index (κ1) is 16.4. The standard InChI is InChI=1S/C19H20N6O/c1-13-10-23-18(24-13)17-16(21-7-8-22-17)15-5-3-9-25(12-15)19(26)14-4-2-6-20-11-14/h2,4,6-8,10-11,15H,3,5,9,12H2,1H3,(H,23,24)/t15-/m0/s1. The van der Waals surface area contributed by atoms with Crippen molar-refractivity contribution in [2.75, 3.05) is 13.1 Å². The van der Waals surface area contributed by atoms with Crippen molar-refractivity contribution < 1.29 is 4.79 Å². The molecule has 7 nitrogen and oxygen atoms in total. The molecule has 4 rings (SSSR count). The average Bonchev–Trinajstić information content (AvgIpc) is 3.14. The molecule has 26 heavy (non-hydrogen) atoms. The SMILES string of the molecule is Cc1cnc(-c2nccnc2[C@H]2CCCN(C(=O)c3cccnc3)C2)[nH]1. The quantitative estimate of drug-likeness (QED) is 0.786. The Balaban J connectivity index is 1.60. The van der Waals surface area contributed by atoms with Crippen LogP contribution in [0.1, 0.15) is 40.5 Å². The summed E-state index contributed by atoms with van der Waals surface area (Å²) in [6, 6.07) is 3.59. The number of nitrogens with one attached hydrogen (secondary N) is 1. The van der Waals surface area contributed by atoms with Gasteiger partial charge in [0.25, 0.3) is 5.91 Å². The Bertz CT molecular complexity index is 907. The molecular weight excluding hydrogens is 328 g/mol. The van der Waals surface area contributed by atoms with Gasteiger partial charge in [0.05, 0.1) is 11.3 Å². The van der Waals surface area contributed by atoms with Crippen LogP contribution in [0, 0.1) is 6.92 Å². The summed E-state index contributed by atoms with van der Waals surface area (Å²) in [6.45, 7) is 3.33. The molecule has 0 saturated carbocycles. The van der Waals surface area contributed by atoms with E-state index in [1.165, 1.54) is 0 Å². The minimum absolute atomic E-state index is 0.0158. The summed E-state index contributed by atoms with van der Waals surface area (Å²) in [5.41, 5.74) is 3.26. The van der Waals surface area contributed by atoms with Gasteiger partial charge in [-0.15, -0.1) is 0 Å². The number of carbonyl (C=O) groups excluding carboxylic acids is 1. The number of hydrogen-bond acceptors (Lipinski definition) is 5. The molecular formula is C19H20N6O. The highest BCUT2D eigenvalue weighted by Crippen LogP contribution is 2.31. The zero-order chi connectivity index (χ0) is 17.9. The van der Waals surface area contributed by atoms with Crippen LogP contribution in [0.3, 0.4) is 0 Å². The lowest BCUT2D eigenvalue weighted by atomic mass is 9.92. The van der Waals surface area contributed by atoms with E-state index in [0.717, 1.165) is 42.3 Å². The summed E-state index contributed by atoms with van der Waals surface area (Å²) in [5.74, 6) is 0.877. The Morgan fingerprint density at radius 2 is 2.08 bits per heavy atom. The molecule has 0 unspecified atom stereocenters. The minimum Gasteiger partial charge on any atom is -0.341 e. The third-order valence-corrected chi connectivity index (χ3v) is 4.66. The van der Waals surface area contributed by atoms with E-state index < -0.39 is 0 Å². The van der Waals surface area contributed by atoms with Crippen molar-refractivity contribution in [2.24, 2.45) is 0 Å². The number of pyridine rings is 1. The van der Waals surface area contributed by atoms with Crippen LogP contribution in [-0.4, -0.2) is 48.8 Å². The first-order valence-corrected chi connectivity index (χ1v) is 8.74. The topological polar surface area (TPSA) is 87.7 Å². The van der Waals surface area contributed by atoms with E-state index in [1.807, 2.05) is 11.8 Å². The molecule has 3 aromatic heterocycles. The van der Waals surface area contributed by atoms with Crippen molar-refractivity contribution in [3.8, 4) is 11.5 Å². The molecule has 1 saturated heterocycles. The highest BCUT2D eigenvalue weighted by atomic mass is 16.2. The molecule has 1 atom stereocenters. The van der Waals surface area contributed by atoms with Crippen LogP contribution in [0.5, 0.6) is 0 Å². The largest absolute Gasteiger partial charge is 0.341 e. The van der Waals surface area contributed by atoms with Gasteiger partial charge in [0.15, 0.2) is 5.82 Å². The molecule has 1 aliphatic heterocycles. The lowest BCUT2D eigenvalue weighted by Gasteiger charge is -2.32. The molecule has 1 N–H and O–H groups in total. The van der Waals surface area contributed by atoms with E-state index in [2.05, 4.69) is 24.9 Å². The Kier molecular flexibility index (Phi) is 4.43. The summed E-state index contributed by atoms with van der Waals surface area (Å²) in [6.07, 6.45) is 10.4. The van der Waals surface area contributed by atoms with Gasteiger partial charge in [-0.1, -0.05) is 0 Å². The Labute approximate surface area is 151 Å². The van der Waals surface area contributed by atoms with Crippen molar-refractivity contribution >= 4 is 5.91 Å². The van der Waals surface area contributed by atoms with Crippen molar-refractivity contribution in [2.45, 2.75) is 25.7 Å². The molecule has 7 heteroatoms. The van der Waals surface area contributed by atoms with E-state index in [0.29, 0.717) is 12.1 Å². The van der Waals surface area contributed by atoms with Crippen LogP contribution in [0.2, 0.25) is 0 Å². The minimum atomic E-state index is 0.0158. The van der Waals surface area contributed by atoms with Gasteiger partial charge >= 0.3 is 0 Å². The number of aryl methyl sites for hydroxylation is 1. The predicted molar refractivity (Wildman–Crippen MR) is 96.5 cm³/mol. The second-order valence-electron chi connectivity index (χ2n) is 6.54. The summed E-state index contributed by atoms with van der Waals surface area (Å²) < 4.78 is 0. The number of aromatic nitrogens is 5. The number of imidazole rings is 1. The maximum Gasteiger partial charge on any atom is 0.255 e. The van der Waals surface area contributed by atoms with Gasteiger partial charge in [-0.2, -0.15) is 0 Å². The zero-order valence-electron chi connectivity index (χ0n) is 14.6. The number of carbonyl (C=O) groups is 1. The molecule has 0 radical (unpaired) electrons. The number of hydrogen-bond donors (Lipinski definition) is 1.